The Hall–Kier alpha value is -3.55. The van der Waals surface area contributed by atoms with Crippen molar-refractivity contribution in [2.75, 3.05) is 27.3 Å². The molecule has 3 rings (SSSR count). The van der Waals surface area contributed by atoms with E-state index >= 15 is 0 Å². The molecule has 2 aromatic rings. The molecule has 182 valence electrons. The van der Waals surface area contributed by atoms with Crippen molar-refractivity contribution in [3.63, 3.8) is 0 Å². The summed E-state index contributed by atoms with van der Waals surface area (Å²) in [6.45, 7) is 4.47. The van der Waals surface area contributed by atoms with Gasteiger partial charge in [0.05, 0.1) is 14.2 Å². The second kappa shape index (κ2) is 11.5. The predicted molar refractivity (Wildman–Crippen MR) is 129 cm³/mol. The molecule has 1 fully saturated rings. The molecule has 0 aromatic heterocycles. The minimum absolute atomic E-state index is 0.0590. The number of benzene rings is 2. The van der Waals surface area contributed by atoms with E-state index in [2.05, 4.69) is 10.6 Å². The molecule has 34 heavy (non-hydrogen) atoms. The van der Waals surface area contributed by atoms with Crippen LogP contribution in [0.5, 0.6) is 11.5 Å². The lowest BCUT2D eigenvalue weighted by molar-refractivity contribution is -0.128. The van der Waals surface area contributed by atoms with Crippen molar-refractivity contribution in [2.24, 2.45) is 0 Å². The number of rotatable bonds is 8. The highest BCUT2D eigenvalue weighted by molar-refractivity contribution is 5.95. The number of carbonyl (C=O) groups excluding carboxylic acids is 3. The number of ether oxygens (including phenoxy) is 2. The number of hydrogen-bond donors (Lipinski definition) is 2. The Balaban J connectivity index is 1.57. The highest BCUT2D eigenvalue weighted by Gasteiger charge is 2.28. The van der Waals surface area contributed by atoms with E-state index in [0.717, 1.165) is 11.1 Å². The zero-order valence-electron chi connectivity index (χ0n) is 20.2. The van der Waals surface area contributed by atoms with Crippen molar-refractivity contribution in [3.05, 3.63) is 59.2 Å². The summed E-state index contributed by atoms with van der Waals surface area (Å²) in [6, 6.07) is 12.3. The fourth-order valence-corrected chi connectivity index (χ4v) is 4.10. The van der Waals surface area contributed by atoms with Gasteiger partial charge in [-0.25, -0.2) is 0 Å². The molecule has 1 aliphatic rings. The largest absolute Gasteiger partial charge is 0.493 e. The second-order valence-electron chi connectivity index (χ2n) is 8.59. The van der Waals surface area contributed by atoms with Gasteiger partial charge in [-0.05, 0) is 43.5 Å². The number of amides is 3. The molecular formula is C26H33N3O5. The number of methoxy groups -OCH3 is 2. The average Bonchev–Trinajstić information content (AvgIpc) is 2.84. The van der Waals surface area contributed by atoms with Gasteiger partial charge in [-0.1, -0.05) is 29.8 Å². The van der Waals surface area contributed by atoms with Crippen LogP contribution in [0.4, 0.5) is 0 Å². The van der Waals surface area contributed by atoms with Gasteiger partial charge >= 0.3 is 0 Å². The van der Waals surface area contributed by atoms with Gasteiger partial charge in [0, 0.05) is 38.0 Å². The van der Waals surface area contributed by atoms with Gasteiger partial charge in [-0.3, -0.25) is 14.4 Å². The summed E-state index contributed by atoms with van der Waals surface area (Å²) in [5.74, 6) is 0.539. The topological polar surface area (TPSA) is 97.0 Å². The van der Waals surface area contributed by atoms with Gasteiger partial charge in [-0.15, -0.1) is 0 Å². The van der Waals surface area contributed by atoms with Gasteiger partial charge in [-0.2, -0.15) is 0 Å². The first-order valence-electron chi connectivity index (χ1n) is 11.4. The van der Waals surface area contributed by atoms with E-state index in [9.17, 15) is 14.4 Å². The standard InChI is InChI=1S/C26H33N3O5/c1-17-5-7-19(8-6-17)15-22(27-18(2)30)25(31)28-21-11-13-29(14-12-21)26(32)20-9-10-23(33-3)24(16-20)34-4/h5-10,16,21-22H,11-15H2,1-4H3,(H,27,30)(H,28,31)/t22-/m0/s1. The summed E-state index contributed by atoms with van der Waals surface area (Å²) in [7, 11) is 3.09. The van der Waals surface area contributed by atoms with Gasteiger partial charge in [0.1, 0.15) is 6.04 Å². The lowest BCUT2D eigenvalue weighted by atomic mass is 10.0. The molecule has 8 heteroatoms. The summed E-state index contributed by atoms with van der Waals surface area (Å²) in [5.41, 5.74) is 2.65. The van der Waals surface area contributed by atoms with Crippen molar-refractivity contribution >= 4 is 17.7 Å². The Morgan fingerprint density at radius 3 is 2.24 bits per heavy atom. The van der Waals surface area contributed by atoms with Gasteiger partial charge in [0.25, 0.3) is 5.91 Å². The molecule has 1 saturated heterocycles. The first-order chi connectivity index (χ1) is 16.3. The van der Waals surface area contributed by atoms with Crippen molar-refractivity contribution in [3.8, 4) is 11.5 Å². The van der Waals surface area contributed by atoms with Crippen LogP contribution in [0.15, 0.2) is 42.5 Å². The van der Waals surface area contributed by atoms with Crippen LogP contribution in [0.25, 0.3) is 0 Å². The molecule has 2 aromatic carbocycles. The zero-order chi connectivity index (χ0) is 24.7. The van der Waals surface area contributed by atoms with E-state index in [1.165, 1.54) is 14.0 Å². The normalized spacial score (nSPS) is 14.8. The summed E-state index contributed by atoms with van der Waals surface area (Å²) in [4.78, 5) is 39.4. The molecule has 2 N–H and O–H groups in total. The monoisotopic (exact) mass is 467 g/mol. The Morgan fingerprint density at radius 1 is 1.00 bits per heavy atom. The van der Waals surface area contributed by atoms with Crippen LogP contribution < -0.4 is 20.1 Å². The van der Waals surface area contributed by atoms with E-state index in [1.807, 2.05) is 31.2 Å². The Labute approximate surface area is 200 Å². The van der Waals surface area contributed by atoms with E-state index in [1.54, 1.807) is 30.2 Å². The fraction of sp³-hybridized carbons (Fsp3) is 0.423. The first kappa shape index (κ1) is 25.1. The number of carbonyl (C=O) groups is 3. The lowest BCUT2D eigenvalue weighted by Crippen LogP contribution is -2.53. The molecule has 0 unspecified atom stereocenters. The van der Waals surface area contributed by atoms with Gasteiger partial charge < -0.3 is 25.0 Å². The van der Waals surface area contributed by atoms with Gasteiger partial charge in [0.15, 0.2) is 11.5 Å². The van der Waals surface area contributed by atoms with Crippen molar-refractivity contribution < 1.29 is 23.9 Å². The van der Waals surface area contributed by atoms with Crippen LogP contribution >= 0.6 is 0 Å². The Bertz CT molecular complexity index is 1010. The molecule has 1 atom stereocenters. The molecule has 8 nitrogen and oxygen atoms in total. The Morgan fingerprint density at radius 2 is 1.65 bits per heavy atom. The molecule has 0 spiro atoms. The third kappa shape index (κ3) is 6.50. The summed E-state index contributed by atoms with van der Waals surface area (Å²) in [6.07, 6.45) is 1.70. The number of likely N-dealkylation sites (tertiary alicyclic amines) is 1. The Kier molecular flexibility index (Phi) is 8.51. The summed E-state index contributed by atoms with van der Waals surface area (Å²) < 4.78 is 10.5. The number of nitrogens with zero attached hydrogens (tertiary/aromatic N) is 1. The van der Waals surface area contributed by atoms with E-state index in [-0.39, 0.29) is 23.8 Å². The molecule has 0 aliphatic carbocycles. The van der Waals surface area contributed by atoms with Crippen molar-refractivity contribution in [2.45, 2.75) is 45.2 Å². The summed E-state index contributed by atoms with van der Waals surface area (Å²) >= 11 is 0. The van der Waals surface area contributed by atoms with Crippen LogP contribution in [0.2, 0.25) is 0 Å². The molecule has 3 amide bonds. The van der Waals surface area contributed by atoms with E-state index in [0.29, 0.717) is 49.4 Å². The van der Waals surface area contributed by atoms with Crippen LogP contribution in [0, 0.1) is 6.92 Å². The van der Waals surface area contributed by atoms with Crippen molar-refractivity contribution in [1.82, 2.24) is 15.5 Å². The fourth-order valence-electron chi connectivity index (χ4n) is 4.10. The predicted octanol–water partition coefficient (Wildman–Crippen LogP) is 2.48. The van der Waals surface area contributed by atoms with E-state index in [4.69, 9.17) is 9.47 Å². The molecule has 0 saturated carbocycles. The zero-order valence-corrected chi connectivity index (χ0v) is 20.2. The second-order valence-corrected chi connectivity index (χ2v) is 8.59. The van der Waals surface area contributed by atoms with Crippen LogP contribution in [0.3, 0.4) is 0 Å². The smallest absolute Gasteiger partial charge is 0.253 e. The molecular weight excluding hydrogens is 434 g/mol. The number of piperidine rings is 1. The third-order valence-electron chi connectivity index (χ3n) is 6.01. The van der Waals surface area contributed by atoms with Crippen LogP contribution in [0.1, 0.15) is 41.3 Å². The molecule has 0 radical (unpaired) electrons. The first-order valence-corrected chi connectivity index (χ1v) is 11.4. The minimum Gasteiger partial charge on any atom is -0.493 e. The maximum absolute atomic E-state index is 13.0. The lowest BCUT2D eigenvalue weighted by Gasteiger charge is -2.33. The molecule has 1 heterocycles. The maximum Gasteiger partial charge on any atom is 0.253 e. The van der Waals surface area contributed by atoms with Crippen molar-refractivity contribution in [1.29, 1.82) is 0 Å². The SMILES string of the molecule is COc1ccc(C(=O)N2CCC(NC(=O)[C@H](Cc3ccc(C)cc3)NC(C)=O)CC2)cc1OC. The number of aryl methyl sites for hydroxylation is 1. The molecule has 0 bridgehead atoms. The average molecular weight is 468 g/mol. The highest BCUT2D eigenvalue weighted by Crippen LogP contribution is 2.28. The van der Waals surface area contributed by atoms with Crippen LogP contribution in [-0.4, -0.2) is 62.0 Å². The quantitative estimate of drug-likeness (QED) is 0.622. The van der Waals surface area contributed by atoms with Gasteiger partial charge in [0.2, 0.25) is 11.8 Å². The maximum atomic E-state index is 13.0. The number of nitrogens with one attached hydrogen (secondary N) is 2. The molecule has 1 aliphatic heterocycles. The van der Waals surface area contributed by atoms with Crippen LogP contribution in [-0.2, 0) is 16.0 Å². The summed E-state index contributed by atoms with van der Waals surface area (Å²) in [5, 5.41) is 5.82. The third-order valence-corrected chi connectivity index (χ3v) is 6.01. The minimum atomic E-state index is -0.647. The number of hydrogen-bond acceptors (Lipinski definition) is 5. The highest BCUT2D eigenvalue weighted by atomic mass is 16.5. The van der Waals surface area contributed by atoms with E-state index < -0.39 is 6.04 Å².